The second kappa shape index (κ2) is 8.96. The molecule has 0 atom stereocenters. The van der Waals surface area contributed by atoms with Crippen LogP contribution in [0, 0.1) is 6.92 Å². The van der Waals surface area contributed by atoms with Gasteiger partial charge in [0.25, 0.3) is 0 Å². The number of pyridine rings is 1. The number of rotatable bonds is 5. The summed E-state index contributed by atoms with van der Waals surface area (Å²) in [5.41, 5.74) is 4.18. The number of piperazine rings is 1. The fourth-order valence-corrected chi connectivity index (χ4v) is 4.49. The number of piperidine rings is 1. The minimum Gasteiger partial charge on any atom is -0.299 e. The zero-order valence-corrected chi connectivity index (χ0v) is 16.6. The molecule has 1 aromatic heterocycles. The first-order chi connectivity index (χ1) is 13.3. The lowest BCUT2D eigenvalue weighted by Gasteiger charge is -2.43. The summed E-state index contributed by atoms with van der Waals surface area (Å²) in [6.45, 7) is 11.6. The Labute approximate surface area is 163 Å². The molecule has 0 N–H and O–H groups in total. The number of hydrogen-bond acceptors (Lipinski definition) is 4. The Morgan fingerprint density at radius 3 is 2.26 bits per heavy atom. The quantitative estimate of drug-likeness (QED) is 0.813. The number of benzene rings is 1. The van der Waals surface area contributed by atoms with E-state index in [2.05, 4.69) is 63.0 Å². The second-order valence-corrected chi connectivity index (χ2v) is 8.11. The summed E-state index contributed by atoms with van der Waals surface area (Å²) < 4.78 is 0. The summed E-state index contributed by atoms with van der Waals surface area (Å²) in [5.74, 6) is 0. The van der Waals surface area contributed by atoms with Crippen molar-refractivity contribution in [3.05, 3.63) is 65.5 Å². The van der Waals surface area contributed by atoms with Crippen molar-refractivity contribution in [2.45, 2.75) is 38.9 Å². The zero-order chi connectivity index (χ0) is 18.5. The molecule has 1 aromatic carbocycles. The highest BCUT2D eigenvalue weighted by molar-refractivity contribution is 5.21. The lowest BCUT2D eigenvalue weighted by Crippen LogP contribution is -2.52. The Kier molecular flexibility index (Phi) is 6.17. The molecule has 144 valence electrons. The Bertz CT molecular complexity index is 701. The highest BCUT2D eigenvalue weighted by Crippen LogP contribution is 2.21. The third-order valence-corrected chi connectivity index (χ3v) is 6.26. The van der Waals surface area contributed by atoms with Gasteiger partial charge < -0.3 is 0 Å². The fourth-order valence-electron chi connectivity index (χ4n) is 4.49. The molecule has 27 heavy (non-hydrogen) atoms. The summed E-state index contributed by atoms with van der Waals surface area (Å²) in [5, 5.41) is 0. The maximum absolute atomic E-state index is 4.21. The van der Waals surface area contributed by atoms with E-state index in [0.29, 0.717) is 0 Å². The molecule has 0 radical (unpaired) electrons. The molecule has 0 spiro atoms. The van der Waals surface area contributed by atoms with Crippen molar-refractivity contribution in [3.8, 4) is 0 Å². The monoisotopic (exact) mass is 364 g/mol. The van der Waals surface area contributed by atoms with E-state index in [1.54, 1.807) is 0 Å². The summed E-state index contributed by atoms with van der Waals surface area (Å²) in [6, 6.07) is 13.8. The van der Waals surface area contributed by atoms with E-state index in [0.717, 1.165) is 19.1 Å². The van der Waals surface area contributed by atoms with Crippen molar-refractivity contribution < 1.29 is 0 Å². The van der Waals surface area contributed by atoms with Crippen LogP contribution in [0.15, 0.2) is 48.8 Å². The zero-order valence-electron chi connectivity index (χ0n) is 16.6. The van der Waals surface area contributed by atoms with Crippen LogP contribution in [0.5, 0.6) is 0 Å². The van der Waals surface area contributed by atoms with Crippen molar-refractivity contribution in [1.29, 1.82) is 0 Å². The van der Waals surface area contributed by atoms with Gasteiger partial charge in [-0.05, 0) is 55.6 Å². The van der Waals surface area contributed by atoms with Crippen LogP contribution in [0.1, 0.15) is 29.5 Å². The Morgan fingerprint density at radius 2 is 1.56 bits per heavy atom. The summed E-state index contributed by atoms with van der Waals surface area (Å²) in [7, 11) is 0. The number of aromatic nitrogens is 1. The normalized spacial score (nSPS) is 20.8. The van der Waals surface area contributed by atoms with Gasteiger partial charge in [0.05, 0.1) is 0 Å². The largest absolute Gasteiger partial charge is 0.299 e. The number of likely N-dealkylation sites (tertiary alicyclic amines) is 1. The minimum atomic E-state index is 0.777. The molecular weight excluding hydrogens is 332 g/mol. The van der Waals surface area contributed by atoms with Gasteiger partial charge in [0.15, 0.2) is 0 Å². The van der Waals surface area contributed by atoms with Gasteiger partial charge in [-0.15, -0.1) is 0 Å². The van der Waals surface area contributed by atoms with Crippen molar-refractivity contribution in [2.24, 2.45) is 0 Å². The van der Waals surface area contributed by atoms with Gasteiger partial charge >= 0.3 is 0 Å². The lowest BCUT2D eigenvalue weighted by molar-refractivity contribution is 0.0549. The molecule has 3 heterocycles. The van der Waals surface area contributed by atoms with Crippen LogP contribution in [0.3, 0.4) is 0 Å². The Balaban J connectivity index is 1.21. The molecule has 2 aliphatic heterocycles. The third kappa shape index (κ3) is 4.95. The van der Waals surface area contributed by atoms with Gasteiger partial charge in [0, 0.05) is 57.7 Å². The van der Waals surface area contributed by atoms with E-state index in [4.69, 9.17) is 0 Å². The van der Waals surface area contributed by atoms with Crippen LogP contribution in [-0.2, 0) is 13.1 Å². The molecule has 2 fully saturated rings. The van der Waals surface area contributed by atoms with E-state index >= 15 is 0 Å². The van der Waals surface area contributed by atoms with Gasteiger partial charge in [-0.1, -0.05) is 30.3 Å². The van der Waals surface area contributed by atoms with Crippen LogP contribution in [-0.4, -0.2) is 65.0 Å². The summed E-state index contributed by atoms with van der Waals surface area (Å²) >= 11 is 0. The van der Waals surface area contributed by atoms with Crippen molar-refractivity contribution in [1.82, 2.24) is 19.7 Å². The van der Waals surface area contributed by atoms with Crippen molar-refractivity contribution in [2.75, 3.05) is 39.3 Å². The predicted molar refractivity (Wildman–Crippen MR) is 111 cm³/mol. The molecule has 0 aliphatic carbocycles. The molecule has 0 amide bonds. The average Bonchev–Trinajstić information content (AvgIpc) is 2.72. The van der Waals surface area contributed by atoms with Gasteiger partial charge in [-0.2, -0.15) is 0 Å². The third-order valence-electron chi connectivity index (χ3n) is 6.26. The average molecular weight is 365 g/mol. The van der Waals surface area contributed by atoms with Crippen LogP contribution in [0.2, 0.25) is 0 Å². The van der Waals surface area contributed by atoms with Gasteiger partial charge in [0.1, 0.15) is 0 Å². The molecule has 4 nitrogen and oxygen atoms in total. The fraction of sp³-hybridized carbons (Fsp3) is 0.522. The van der Waals surface area contributed by atoms with Crippen molar-refractivity contribution >= 4 is 0 Å². The maximum atomic E-state index is 4.21. The number of aryl methyl sites for hydroxylation is 1. The van der Waals surface area contributed by atoms with Gasteiger partial charge in [-0.25, -0.2) is 0 Å². The maximum Gasteiger partial charge on any atom is 0.0300 e. The van der Waals surface area contributed by atoms with Crippen LogP contribution < -0.4 is 0 Å². The van der Waals surface area contributed by atoms with Crippen LogP contribution in [0.25, 0.3) is 0 Å². The first-order valence-corrected chi connectivity index (χ1v) is 10.4. The Morgan fingerprint density at radius 1 is 0.852 bits per heavy atom. The highest BCUT2D eigenvalue weighted by Gasteiger charge is 2.27. The standard InChI is InChI=1S/C23H32N4/c1-20-17-24-10-7-22(20)19-25-11-8-23(9-12-25)27-15-13-26(14-16-27)18-21-5-3-2-4-6-21/h2-7,10,17,23H,8-9,11-16,18-19H2,1H3. The number of hydrogen-bond donors (Lipinski definition) is 0. The van der Waals surface area contributed by atoms with Gasteiger partial charge in [0.2, 0.25) is 0 Å². The topological polar surface area (TPSA) is 22.6 Å². The van der Waals surface area contributed by atoms with E-state index < -0.39 is 0 Å². The lowest BCUT2D eigenvalue weighted by atomic mass is 10.0. The van der Waals surface area contributed by atoms with Gasteiger partial charge in [-0.3, -0.25) is 19.7 Å². The first-order valence-electron chi connectivity index (χ1n) is 10.4. The molecule has 4 rings (SSSR count). The van der Waals surface area contributed by atoms with Crippen LogP contribution in [0.4, 0.5) is 0 Å². The molecule has 2 saturated heterocycles. The summed E-state index contributed by atoms with van der Waals surface area (Å²) in [4.78, 5) is 12.2. The molecule has 0 unspecified atom stereocenters. The molecule has 4 heteroatoms. The SMILES string of the molecule is Cc1cnccc1CN1CCC(N2CCN(Cc3ccccc3)CC2)CC1. The molecule has 2 aliphatic rings. The van der Waals surface area contributed by atoms with E-state index in [9.17, 15) is 0 Å². The summed E-state index contributed by atoms with van der Waals surface area (Å²) in [6.07, 6.45) is 6.52. The second-order valence-electron chi connectivity index (χ2n) is 8.11. The smallest absolute Gasteiger partial charge is 0.0300 e. The van der Waals surface area contributed by atoms with E-state index in [1.165, 1.54) is 68.8 Å². The van der Waals surface area contributed by atoms with Crippen molar-refractivity contribution in [3.63, 3.8) is 0 Å². The minimum absolute atomic E-state index is 0.777. The first kappa shape index (κ1) is 18.6. The molecular formula is C23H32N4. The van der Waals surface area contributed by atoms with Crippen LogP contribution >= 0.6 is 0 Å². The highest BCUT2D eigenvalue weighted by atomic mass is 15.3. The molecule has 2 aromatic rings. The number of nitrogens with zero attached hydrogens (tertiary/aromatic N) is 4. The van der Waals surface area contributed by atoms with E-state index in [-0.39, 0.29) is 0 Å². The predicted octanol–water partition coefficient (Wildman–Crippen LogP) is 3.17. The Hall–Kier alpha value is -1.75. The molecule has 0 saturated carbocycles. The van der Waals surface area contributed by atoms with E-state index in [1.807, 2.05) is 12.4 Å². The molecule has 0 bridgehead atoms.